The van der Waals surface area contributed by atoms with E-state index in [1.807, 2.05) is 0 Å². The molecule has 2 aliphatic rings. The number of nitrogens with one attached hydrogen (secondary N) is 1. The van der Waals surface area contributed by atoms with Crippen LogP contribution in [0.3, 0.4) is 0 Å². The first-order valence-electron chi connectivity index (χ1n) is 6.74. The van der Waals surface area contributed by atoms with Crippen molar-refractivity contribution in [2.24, 2.45) is 0 Å². The normalized spacial score (nSPS) is 27.8. The van der Waals surface area contributed by atoms with Crippen molar-refractivity contribution in [2.45, 2.75) is 63.7 Å². The maximum atomic E-state index is 12.4. The van der Waals surface area contributed by atoms with E-state index in [0.717, 1.165) is 38.7 Å². The van der Waals surface area contributed by atoms with Gasteiger partial charge in [0.25, 0.3) is 0 Å². The van der Waals surface area contributed by atoms with E-state index in [9.17, 15) is 4.79 Å². The molecule has 1 aliphatic heterocycles. The summed E-state index contributed by atoms with van der Waals surface area (Å²) in [4.78, 5) is 14.5. The minimum absolute atomic E-state index is 0.179. The van der Waals surface area contributed by atoms with E-state index in [-0.39, 0.29) is 17.7 Å². The molecule has 2 rings (SSSR count). The van der Waals surface area contributed by atoms with Gasteiger partial charge >= 0.3 is 0 Å². The van der Waals surface area contributed by atoms with Gasteiger partial charge in [-0.15, -0.1) is 0 Å². The highest BCUT2D eigenvalue weighted by Gasteiger charge is 2.59. The molecule has 0 aromatic heterocycles. The Morgan fingerprint density at radius 2 is 2.29 bits per heavy atom. The van der Waals surface area contributed by atoms with E-state index in [1.165, 1.54) is 0 Å². The van der Waals surface area contributed by atoms with Crippen molar-refractivity contribution < 1.29 is 9.53 Å². The van der Waals surface area contributed by atoms with Crippen molar-refractivity contribution in [2.75, 3.05) is 13.7 Å². The SMILES string of the molecule is CCCC1NC2(CC2)C(=O)N1C(C)CCOC. The highest BCUT2D eigenvalue weighted by molar-refractivity contribution is 5.92. The number of rotatable bonds is 6. The van der Waals surface area contributed by atoms with Crippen LogP contribution in [0.4, 0.5) is 0 Å². The summed E-state index contributed by atoms with van der Waals surface area (Å²) in [7, 11) is 1.71. The molecular weight excluding hydrogens is 216 g/mol. The molecule has 17 heavy (non-hydrogen) atoms. The Morgan fingerprint density at radius 3 is 2.82 bits per heavy atom. The van der Waals surface area contributed by atoms with Crippen LogP contribution in [0.2, 0.25) is 0 Å². The lowest BCUT2D eigenvalue weighted by atomic mass is 10.1. The van der Waals surface area contributed by atoms with Gasteiger partial charge in [0.1, 0.15) is 0 Å². The second-order valence-electron chi connectivity index (χ2n) is 5.37. The molecule has 0 aromatic carbocycles. The standard InChI is InChI=1S/C13H24N2O2/c1-4-5-11-14-13(7-8-13)12(16)15(11)10(2)6-9-17-3/h10-11,14H,4-9H2,1-3H3. The molecule has 0 aromatic rings. The lowest BCUT2D eigenvalue weighted by molar-refractivity contribution is -0.133. The van der Waals surface area contributed by atoms with Gasteiger partial charge in [-0.2, -0.15) is 0 Å². The number of hydrogen-bond acceptors (Lipinski definition) is 3. The molecule has 2 atom stereocenters. The van der Waals surface area contributed by atoms with E-state index < -0.39 is 0 Å². The Labute approximate surface area is 104 Å². The molecule has 1 saturated heterocycles. The maximum absolute atomic E-state index is 12.4. The topological polar surface area (TPSA) is 41.6 Å². The fourth-order valence-corrected chi connectivity index (χ4v) is 2.74. The van der Waals surface area contributed by atoms with Crippen LogP contribution in [0.15, 0.2) is 0 Å². The van der Waals surface area contributed by atoms with Gasteiger partial charge in [-0.05, 0) is 32.6 Å². The molecule has 2 unspecified atom stereocenters. The minimum atomic E-state index is -0.179. The van der Waals surface area contributed by atoms with Crippen LogP contribution in [0.1, 0.15) is 46.0 Å². The first kappa shape index (κ1) is 12.8. The van der Waals surface area contributed by atoms with Crippen molar-refractivity contribution in [3.8, 4) is 0 Å². The molecule has 1 aliphatic carbocycles. The van der Waals surface area contributed by atoms with Crippen LogP contribution in [0.5, 0.6) is 0 Å². The second kappa shape index (κ2) is 4.94. The first-order chi connectivity index (χ1) is 8.14. The van der Waals surface area contributed by atoms with Crippen LogP contribution in [-0.4, -0.2) is 42.3 Å². The largest absolute Gasteiger partial charge is 0.385 e. The van der Waals surface area contributed by atoms with Gasteiger partial charge in [0.15, 0.2) is 0 Å². The molecule has 4 heteroatoms. The number of carbonyl (C=O) groups excluding carboxylic acids is 1. The van der Waals surface area contributed by atoms with Crippen LogP contribution in [0, 0.1) is 0 Å². The van der Waals surface area contributed by atoms with Gasteiger partial charge in [0.2, 0.25) is 5.91 Å². The fourth-order valence-electron chi connectivity index (χ4n) is 2.74. The minimum Gasteiger partial charge on any atom is -0.385 e. The van der Waals surface area contributed by atoms with E-state index in [0.29, 0.717) is 5.91 Å². The zero-order valence-electron chi connectivity index (χ0n) is 11.2. The van der Waals surface area contributed by atoms with E-state index in [1.54, 1.807) is 7.11 Å². The third-order valence-corrected chi connectivity index (χ3v) is 3.95. The molecule has 98 valence electrons. The molecule has 1 saturated carbocycles. The monoisotopic (exact) mass is 240 g/mol. The summed E-state index contributed by atoms with van der Waals surface area (Å²) in [5.74, 6) is 0.319. The summed E-state index contributed by atoms with van der Waals surface area (Å²) < 4.78 is 5.11. The molecule has 4 nitrogen and oxygen atoms in total. The zero-order chi connectivity index (χ0) is 12.5. The second-order valence-corrected chi connectivity index (χ2v) is 5.37. The van der Waals surface area contributed by atoms with Gasteiger partial charge in [0.05, 0.1) is 11.7 Å². The third kappa shape index (κ3) is 2.33. The van der Waals surface area contributed by atoms with E-state index in [2.05, 4.69) is 24.1 Å². The van der Waals surface area contributed by atoms with Crippen molar-refractivity contribution >= 4 is 5.91 Å². The molecule has 1 N–H and O–H groups in total. The quantitative estimate of drug-likeness (QED) is 0.765. The van der Waals surface area contributed by atoms with Gasteiger partial charge < -0.3 is 9.64 Å². The van der Waals surface area contributed by atoms with E-state index in [4.69, 9.17) is 4.74 Å². The Hall–Kier alpha value is -0.610. The molecule has 0 radical (unpaired) electrons. The zero-order valence-corrected chi connectivity index (χ0v) is 11.2. The molecular formula is C13H24N2O2. The molecule has 2 fully saturated rings. The summed E-state index contributed by atoms with van der Waals surface area (Å²) in [5.41, 5.74) is -0.179. The lowest BCUT2D eigenvalue weighted by Crippen LogP contribution is -2.43. The third-order valence-electron chi connectivity index (χ3n) is 3.95. The van der Waals surface area contributed by atoms with Crippen molar-refractivity contribution in [1.29, 1.82) is 0 Å². The van der Waals surface area contributed by atoms with Crippen LogP contribution < -0.4 is 5.32 Å². The lowest BCUT2D eigenvalue weighted by Gasteiger charge is -2.30. The van der Waals surface area contributed by atoms with Gasteiger partial charge in [-0.3, -0.25) is 10.1 Å². The predicted octanol–water partition coefficient (Wildman–Crippen LogP) is 1.50. The summed E-state index contributed by atoms with van der Waals surface area (Å²) in [6.45, 7) is 5.02. The van der Waals surface area contributed by atoms with Crippen molar-refractivity contribution in [1.82, 2.24) is 10.2 Å². The van der Waals surface area contributed by atoms with Gasteiger partial charge in [-0.25, -0.2) is 0 Å². The number of carbonyl (C=O) groups is 1. The Morgan fingerprint density at radius 1 is 1.59 bits per heavy atom. The summed E-state index contributed by atoms with van der Waals surface area (Å²) in [5, 5.41) is 3.53. The fraction of sp³-hybridized carbons (Fsp3) is 0.923. The van der Waals surface area contributed by atoms with Crippen LogP contribution in [-0.2, 0) is 9.53 Å². The predicted molar refractivity (Wildman–Crippen MR) is 66.6 cm³/mol. The molecule has 0 bridgehead atoms. The first-order valence-corrected chi connectivity index (χ1v) is 6.74. The van der Waals surface area contributed by atoms with E-state index >= 15 is 0 Å². The smallest absolute Gasteiger partial charge is 0.244 e. The van der Waals surface area contributed by atoms with Crippen molar-refractivity contribution in [3.05, 3.63) is 0 Å². The average Bonchev–Trinajstić information content (AvgIpc) is 3.02. The number of methoxy groups -OCH3 is 1. The van der Waals surface area contributed by atoms with Crippen LogP contribution >= 0.6 is 0 Å². The van der Waals surface area contributed by atoms with Gasteiger partial charge in [0, 0.05) is 19.8 Å². The number of nitrogens with zero attached hydrogens (tertiary/aromatic N) is 1. The van der Waals surface area contributed by atoms with Crippen molar-refractivity contribution in [3.63, 3.8) is 0 Å². The summed E-state index contributed by atoms with van der Waals surface area (Å²) in [6.07, 6.45) is 5.33. The number of hydrogen-bond donors (Lipinski definition) is 1. The van der Waals surface area contributed by atoms with Gasteiger partial charge in [-0.1, -0.05) is 13.3 Å². The average molecular weight is 240 g/mol. The Bertz CT molecular complexity index is 289. The Kier molecular flexibility index (Phi) is 3.73. The maximum Gasteiger partial charge on any atom is 0.244 e. The highest BCUT2D eigenvalue weighted by atomic mass is 16.5. The van der Waals surface area contributed by atoms with Crippen LogP contribution in [0.25, 0.3) is 0 Å². The summed E-state index contributed by atoms with van der Waals surface area (Å²) in [6, 6.07) is 0.270. The number of ether oxygens (including phenoxy) is 1. The molecule has 1 spiro atoms. The summed E-state index contributed by atoms with van der Waals surface area (Å²) >= 11 is 0. The highest BCUT2D eigenvalue weighted by Crippen LogP contribution is 2.43. The number of amides is 1. The Balaban J connectivity index is 2.03. The molecule has 1 amide bonds. The molecule has 1 heterocycles.